The van der Waals surface area contributed by atoms with Gasteiger partial charge < -0.3 is 0 Å². The Hall–Kier alpha value is -2.85. The first kappa shape index (κ1) is 19.5. The maximum Gasteiger partial charge on any atom is 0.196 e. The Bertz CT molecular complexity index is 1120. The Morgan fingerprint density at radius 3 is 2.34 bits per heavy atom. The minimum absolute atomic E-state index is 0.756. The first-order chi connectivity index (χ1) is 14.1. The van der Waals surface area contributed by atoms with Crippen LogP contribution in [0.2, 0.25) is 0 Å². The highest BCUT2D eigenvalue weighted by atomic mass is 32.2. The second-order valence-electron chi connectivity index (χ2n) is 7.40. The van der Waals surface area contributed by atoms with Crippen molar-refractivity contribution in [2.24, 2.45) is 0 Å². The van der Waals surface area contributed by atoms with Crippen molar-refractivity contribution in [1.82, 2.24) is 14.8 Å². The number of aryl methyl sites for hydroxylation is 3. The van der Waals surface area contributed by atoms with Gasteiger partial charge in [-0.25, -0.2) is 0 Å². The standard InChI is InChI=1S/C25H25N3S/c1-18-13-14-19(2)22(15-18)17-29-25-27-26-24(16-21-10-5-4-6-11-21)28(25)23-12-8-7-9-20(23)3/h4-15H,16-17H2,1-3H3. The van der Waals surface area contributed by atoms with Gasteiger partial charge in [0.2, 0.25) is 0 Å². The van der Waals surface area contributed by atoms with Gasteiger partial charge in [0.05, 0.1) is 5.69 Å². The van der Waals surface area contributed by atoms with Crippen molar-refractivity contribution in [1.29, 1.82) is 0 Å². The smallest absolute Gasteiger partial charge is 0.196 e. The van der Waals surface area contributed by atoms with Gasteiger partial charge in [0.25, 0.3) is 0 Å². The lowest BCUT2D eigenvalue weighted by Crippen LogP contribution is -2.05. The number of rotatable bonds is 6. The molecule has 0 fully saturated rings. The summed E-state index contributed by atoms with van der Waals surface area (Å²) in [6.07, 6.45) is 0.756. The lowest BCUT2D eigenvalue weighted by Gasteiger charge is -2.13. The van der Waals surface area contributed by atoms with Gasteiger partial charge in [-0.3, -0.25) is 4.57 Å². The molecule has 0 aliphatic rings. The molecule has 0 aliphatic heterocycles. The number of benzene rings is 3. The summed E-state index contributed by atoms with van der Waals surface area (Å²) >= 11 is 1.75. The maximum atomic E-state index is 4.57. The van der Waals surface area contributed by atoms with Crippen LogP contribution < -0.4 is 0 Å². The Kier molecular flexibility index (Phi) is 5.81. The molecule has 29 heavy (non-hydrogen) atoms. The van der Waals surface area contributed by atoms with E-state index in [2.05, 4.69) is 102 Å². The van der Waals surface area contributed by atoms with E-state index in [9.17, 15) is 0 Å². The van der Waals surface area contributed by atoms with Crippen molar-refractivity contribution < 1.29 is 0 Å². The number of para-hydroxylation sites is 1. The zero-order chi connectivity index (χ0) is 20.2. The Morgan fingerprint density at radius 1 is 0.793 bits per heavy atom. The van der Waals surface area contributed by atoms with Crippen molar-refractivity contribution in [2.75, 3.05) is 0 Å². The fraction of sp³-hybridized carbons (Fsp3) is 0.200. The topological polar surface area (TPSA) is 30.7 Å². The van der Waals surface area contributed by atoms with E-state index in [1.54, 1.807) is 11.8 Å². The number of thioether (sulfide) groups is 1. The molecule has 0 atom stereocenters. The van der Waals surface area contributed by atoms with E-state index < -0.39 is 0 Å². The molecule has 1 aromatic heterocycles. The molecule has 1 heterocycles. The molecule has 0 saturated carbocycles. The van der Waals surface area contributed by atoms with Gasteiger partial charge in [-0.1, -0.05) is 84.1 Å². The van der Waals surface area contributed by atoms with Crippen LogP contribution in [0.3, 0.4) is 0 Å². The fourth-order valence-electron chi connectivity index (χ4n) is 3.44. The van der Waals surface area contributed by atoms with Crippen LogP contribution in [0.1, 0.15) is 33.6 Å². The summed E-state index contributed by atoms with van der Waals surface area (Å²) in [4.78, 5) is 0. The van der Waals surface area contributed by atoms with Crippen LogP contribution in [-0.2, 0) is 12.2 Å². The van der Waals surface area contributed by atoms with Crippen LogP contribution in [-0.4, -0.2) is 14.8 Å². The third-order valence-electron chi connectivity index (χ3n) is 5.12. The van der Waals surface area contributed by atoms with Gasteiger partial charge in [-0.15, -0.1) is 10.2 Å². The third-order valence-corrected chi connectivity index (χ3v) is 6.10. The van der Waals surface area contributed by atoms with Gasteiger partial charge in [0, 0.05) is 12.2 Å². The van der Waals surface area contributed by atoms with E-state index in [-0.39, 0.29) is 0 Å². The van der Waals surface area contributed by atoms with Gasteiger partial charge in [0.15, 0.2) is 5.16 Å². The second kappa shape index (κ2) is 8.66. The zero-order valence-electron chi connectivity index (χ0n) is 17.1. The maximum absolute atomic E-state index is 4.57. The van der Waals surface area contributed by atoms with Gasteiger partial charge in [0.1, 0.15) is 5.82 Å². The molecule has 0 unspecified atom stereocenters. The van der Waals surface area contributed by atoms with Crippen molar-refractivity contribution in [2.45, 2.75) is 38.1 Å². The zero-order valence-corrected chi connectivity index (χ0v) is 17.9. The van der Waals surface area contributed by atoms with E-state index in [4.69, 9.17) is 0 Å². The first-order valence-electron chi connectivity index (χ1n) is 9.85. The summed E-state index contributed by atoms with van der Waals surface area (Å²) in [6.45, 7) is 6.45. The number of aromatic nitrogens is 3. The van der Waals surface area contributed by atoms with Crippen molar-refractivity contribution in [3.63, 3.8) is 0 Å². The number of hydrogen-bond donors (Lipinski definition) is 0. The lowest BCUT2D eigenvalue weighted by molar-refractivity contribution is 0.841. The molecular formula is C25H25N3S. The monoisotopic (exact) mass is 399 g/mol. The van der Waals surface area contributed by atoms with Crippen LogP contribution >= 0.6 is 11.8 Å². The summed E-state index contributed by atoms with van der Waals surface area (Å²) in [5.41, 5.74) is 7.55. The highest BCUT2D eigenvalue weighted by Gasteiger charge is 2.16. The molecule has 0 spiro atoms. The SMILES string of the molecule is Cc1ccc(C)c(CSc2nnc(Cc3ccccc3)n2-c2ccccc2C)c1. The quantitative estimate of drug-likeness (QED) is 0.368. The molecule has 146 valence electrons. The molecule has 4 rings (SSSR count). The van der Waals surface area contributed by atoms with Crippen molar-refractivity contribution in [3.05, 3.63) is 106 Å². The number of nitrogens with zero attached hydrogens (tertiary/aromatic N) is 3. The normalized spacial score (nSPS) is 11.0. The Morgan fingerprint density at radius 2 is 1.55 bits per heavy atom. The molecule has 3 nitrogen and oxygen atoms in total. The van der Waals surface area contributed by atoms with Gasteiger partial charge in [-0.2, -0.15) is 0 Å². The predicted octanol–water partition coefficient (Wildman–Crippen LogP) is 6.08. The minimum Gasteiger partial charge on any atom is -0.273 e. The average Bonchev–Trinajstić information content (AvgIpc) is 3.12. The molecule has 0 radical (unpaired) electrons. The van der Waals surface area contributed by atoms with E-state index in [1.165, 1.54) is 27.8 Å². The van der Waals surface area contributed by atoms with Crippen molar-refractivity contribution >= 4 is 11.8 Å². The molecule has 3 aromatic carbocycles. The predicted molar refractivity (Wildman–Crippen MR) is 121 cm³/mol. The molecular weight excluding hydrogens is 374 g/mol. The lowest BCUT2D eigenvalue weighted by atomic mass is 10.1. The molecule has 0 saturated heterocycles. The first-order valence-corrected chi connectivity index (χ1v) is 10.8. The average molecular weight is 400 g/mol. The van der Waals surface area contributed by atoms with Gasteiger partial charge >= 0.3 is 0 Å². The van der Waals surface area contributed by atoms with Crippen LogP contribution in [0.15, 0.2) is 78.0 Å². The summed E-state index contributed by atoms with van der Waals surface area (Å²) in [5.74, 6) is 1.84. The molecule has 0 amide bonds. The number of hydrogen-bond acceptors (Lipinski definition) is 3. The Labute approximate surface area is 176 Å². The summed E-state index contributed by atoms with van der Waals surface area (Å²) < 4.78 is 2.22. The van der Waals surface area contributed by atoms with E-state index in [0.29, 0.717) is 0 Å². The highest BCUT2D eigenvalue weighted by Crippen LogP contribution is 2.28. The Balaban J connectivity index is 1.70. The second-order valence-corrected chi connectivity index (χ2v) is 8.34. The molecule has 0 bridgehead atoms. The fourth-order valence-corrected chi connectivity index (χ4v) is 4.47. The molecule has 4 aromatic rings. The summed E-state index contributed by atoms with van der Waals surface area (Å²) in [6, 6.07) is 25.5. The highest BCUT2D eigenvalue weighted by molar-refractivity contribution is 7.98. The van der Waals surface area contributed by atoms with Crippen molar-refractivity contribution in [3.8, 4) is 5.69 Å². The minimum atomic E-state index is 0.756. The summed E-state index contributed by atoms with van der Waals surface area (Å²) in [5, 5.41) is 10.1. The molecule has 0 N–H and O–H groups in total. The largest absolute Gasteiger partial charge is 0.273 e. The van der Waals surface area contributed by atoms with E-state index >= 15 is 0 Å². The van der Waals surface area contributed by atoms with Crippen LogP contribution in [0.5, 0.6) is 0 Å². The van der Waals surface area contributed by atoms with E-state index in [0.717, 1.165) is 28.8 Å². The van der Waals surface area contributed by atoms with Crippen LogP contribution in [0.25, 0.3) is 5.69 Å². The van der Waals surface area contributed by atoms with E-state index in [1.807, 2.05) is 6.07 Å². The van der Waals surface area contributed by atoms with Crippen LogP contribution in [0, 0.1) is 20.8 Å². The van der Waals surface area contributed by atoms with Gasteiger partial charge in [-0.05, 0) is 49.1 Å². The summed E-state index contributed by atoms with van der Waals surface area (Å²) in [7, 11) is 0. The van der Waals surface area contributed by atoms with Crippen LogP contribution in [0.4, 0.5) is 0 Å². The third kappa shape index (κ3) is 4.43. The molecule has 0 aliphatic carbocycles. The molecule has 4 heteroatoms.